The molecule has 1 aliphatic heterocycles. The Balaban J connectivity index is 1.96. The Morgan fingerprint density at radius 2 is 2.24 bits per heavy atom. The second-order valence-corrected chi connectivity index (χ2v) is 6.65. The highest BCUT2D eigenvalue weighted by Crippen LogP contribution is 2.40. The Bertz CT molecular complexity index is 766. The normalized spacial score (nSPS) is 20.6. The quantitative estimate of drug-likeness (QED) is 0.483. The van der Waals surface area contributed by atoms with Gasteiger partial charge in [-0.2, -0.15) is 0 Å². The molecule has 6 heteroatoms. The number of fused-ring (bicyclic) bond motifs is 1. The number of anilines is 1. The molecule has 3 rings (SSSR count). The number of aliphatic carboxylic acids is 1. The SMILES string of the molecule is COc1c(C)c2c(c(N)c1C/C=C1\CCC[C@H]1CC(=O)O)C(=O)OC2. The molecular formula is C19H23NO5. The summed E-state index contributed by atoms with van der Waals surface area (Å²) in [6.07, 6.45) is 5.55. The lowest BCUT2D eigenvalue weighted by atomic mass is 9.92. The fraction of sp³-hybridized carbons (Fsp3) is 0.474. The highest BCUT2D eigenvalue weighted by Gasteiger charge is 2.31. The van der Waals surface area contributed by atoms with E-state index in [0.717, 1.165) is 41.5 Å². The number of carbonyl (C=O) groups excluding carboxylic acids is 1. The number of hydrogen-bond donors (Lipinski definition) is 2. The highest BCUT2D eigenvalue weighted by molar-refractivity contribution is 6.00. The zero-order valence-electron chi connectivity index (χ0n) is 14.6. The van der Waals surface area contributed by atoms with Crippen LogP contribution in [0.3, 0.4) is 0 Å². The van der Waals surface area contributed by atoms with E-state index < -0.39 is 11.9 Å². The van der Waals surface area contributed by atoms with Crippen LogP contribution in [-0.4, -0.2) is 24.2 Å². The van der Waals surface area contributed by atoms with Crippen molar-refractivity contribution in [3.63, 3.8) is 0 Å². The van der Waals surface area contributed by atoms with Gasteiger partial charge in [-0.25, -0.2) is 4.79 Å². The van der Waals surface area contributed by atoms with Crippen LogP contribution in [0.25, 0.3) is 0 Å². The maximum atomic E-state index is 12.0. The number of hydrogen-bond acceptors (Lipinski definition) is 5. The summed E-state index contributed by atoms with van der Waals surface area (Å²) in [5.74, 6) is -0.396. The fourth-order valence-corrected chi connectivity index (χ4v) is 3.98. The van der Waals surface area contributed by atoms with E-state index in [2.05, 4.69) is 6.08 Å². The van der Waals surface area contributed by atoms with Gasteiger partial charge in [0.15, 0.2) is 0 Å². The molecule has 6 nitrogen and oxygen atoms in total. The number of nitrogen functional groups attached to an aromatic ring is 1. The molecule has 0 unspecified atom stereocenters. The number of carbonyl (C=O) groups is 2. The standard InChI is InChI=1S/C19H23NO5/c1-10-14-9-25-19(23)16(14)17(20)13(18(10)24-2)7-6-11-4-3-5-12(11)8-15(21)22/h6,12H,3-5,7-9,20H2,1-2H3,(H,21,22)/b11-6+/t12-/m0/s1. The predicted molar refractivity (Wildman–Crippen MR) is 92.6 cm³/mol. The molecule has 0 amide bonds. The number of rotatable bonds is 5. The van der Waals surface area contributed by atoms with Gasteiger partial charge in [-0.3, -0.25) is 4.79 Å². The molecule has 3 N–H and O–H groups in total. The van der Waals surface area contributed by atoms with E-state index >= 15 is 0 Å². The minimum atomic E-state index is -0.772. The van der Waals surface area contributed by atoms with Gasteiger partial charge in [-0.1, -0.05) is 11.6 Å². The van der Waals surface area contributed by atoms with Crippen LogP contribution in [0.15, 0.2) is 11.6 Å². The molecule has 0 aromatic heterocycles. The van der Waals surface area contributed by atoms with Crippen LogP contribution in [0.2, 0.25) is 0 Å². The third-order valence-corrected chi connectivity index (χ3v) is 5.25. The third kappa shape index (κ3) is 3.08. The van der Waals surface area contributed by atoms with Crippen LogP contribution in [-0.2, 0) is 22.6 Å². The maximum Gasteiger partial charge on any atom is 0.341 e. The number of esters is 1. The first kappa shape index (κ1) is 17.3. The van der Waals surface area contributed by atoms with Crippen molar-refractivity contribution in [2.45, 2.75) is 45.6 Å². The molecule has 1 aromatic carbocycles. The number of nitrogens with two attached hydrogens (primary N) is 1. The van der Waals surface area contributed by atoms with Gasteiger partial charge in [0.2, 0.25) is 0 Å². The van der Waals surface area contributed by atoms with Crippen LogP contribution >= 0.6 is 0 Å². The minimum Gasteiger partial charge on any atom is -0.496 e. The molecule has 1 atom stereocenters. The van der Waals surface area contributed by atoms with E-state index in [1.807, 2.05) is 6.92 Å². The number of carboxylic acids is 1. The lowest BCUT2D eigenvalue weighted by Gasteiger charge is -2.17. The summed E-state index contributed by atoms with van der Waals surface area (Å²) in [7, 11) is 1.59. The number of methoxy groups -OCH3 is 1. The molecule has 0 bridgehead atoms. The molecule has 0 radical (unpaired) electrons. The van der Waals surface area contributed by atoms with Crippen LogP contribution in [0, 0.1) is 12.8 Å². The highest BCUT2D eigenvalue weighted by atomic mass is 16.5. The molecule has 1 heterocycles. The summed E-state index contributed by atoms with van der Waals surface area (Å²) in [6, 6.07) is 0. The molecular weight excluding hydrogens is 322 g/mol. The lowest BCUT2D eigenvalue weighted by molar-refractivity contribution is -0.137. The zero-order valence-corrected chi connectivity index (χ0v) is 14.6. The molecule has 1 fully saturated rings. The van der Waals surface area contributed by atoms with Crippen LogP contribution in [0.4, 0.5) is 5.69 Å². The van der Waals surface area contributed by atoms with Gasteiger partial charge in [0.25, 0.3) is 0 Å². The maximum absolute atomic E-state index is 12.0. The molecule has 1 aromatic rings. The summed E-state index contributed by atoms with van der Waals surface area (Å²) < 4.78 is 10.7. The summed E-state index contributed by atoms with van der Waals surface area (Å²) in [5, 5.41) is 9.06. The van der Waals surface area contributed by atoms with E-state index in [1.54, 1.807) is 7.11 Å². The second-order valence-electron chi connectivity index (χ2n) is 6.65. The fourth-order valence-electron chi connectivity index (χ4n) is 3.98. The molecule has 134 valence electrons. The van der Waals surface area contributed by atoms with Gasteiger partial charge >= 0.3 is 11.9 Å². The summed E-state index contributed by atoms with van der Waals surface area (Å²) in [5.41, 5.74) is 10.7. The topological polar surface area (TPSA) is 98.9 Å². The Morgan fingerprint density at radius 1 is 1.48 bits per heavy atom. The first-order valence-corrected chi connectivity index (χ1v) is 8.49. The van der Waals surface area contributed by atoms with Gasteiger partial charge in [0, 0.05) is 11.1 Å². The number of ether oxygens (including phenoxy) is 2. The first-order chi connectivity index (χ1) is 11.9. The Kier molecular flexibility index (Phi) is 4.70. The van der Waals surface area contributed by atoms with Gasteiger partial charge in [-0.05, 0) is 44.1 Å². The smallest absolute Gasteiger partial charge is 0.341 e. The van der Waals surface area contributed by atoms with Crippen molar-refractivity contribution in [3.05, 3.63) is 33.9 Å². The van der Waals surface area contributed by atoms with E-state index in [0.29, 0.717) is 23.4 Å². The van der Waals surface area contributed by atoms with E-state index in [-0.39, 0.29) is 18.9 Å². The van der Waals surface area contributed by atoms with E-state index in [4.69, 9.17) is 20.3 Å². The van der Waals surface area contributed by atoms with Crippen molar-refractivity contribution in [2.75, 3.05) is 12.8 Å². The van der Waals surface area contributed by atoms with Crippen molar-refractivity contribution >= 4 is 17.6 Å². The third-order valence-electron chi connectivity index (χ3n) is 5.25. The van der Waals surface area contributed by atoms with Crippen molar-refractivity contribution in [1.82, 2.24) is 0 Å². The van der Waals surface area contributed by atoms with Crippen LogP contribution in [0.1, 0.15) is 52.7 Å². The average Bonchev–Trinajstić information content (AvgIpc) is 3.15. The second kappa shape index (κ2) is 6.78. The van der Waals surface area contributed by atoms with Crippen LogP contribution < -0.4 is 10.5 Å². The molecule has 2 aliphatic rings. The first-order valence-electron chi connectivity index (χ1n) is 8.49. The summed E-state index contributed by atoms with van der Waals surface area (Å²) in [4.78, 5) is 23.0. The molecule has 25 heavy (non-hydrogen) atoms. The Labute approximate surface area is 146 Å². The van der Waals surface area contributed by atoms with Crippen molar-refractivity contribution in [2.24, 2.45) is 5.92 Å². The molecule has 0 spiro atoms. The van der Waals surface area contributed by atoms with E-state index in [1.165, 1.54) is 0 Å². The predicted octanol–water partition coefficient (Wildman–Crippen LogP) is 3.00. The molecule has 0 saturated heterocycles. The number of cyclic esters (lactones) is 1. The number of carboxylic acid groups (broad SMARTS) is 1. The van der Waals surface area contributed by atoms with Crippen LogP contribution in [0.5, 0.6) is 5.75 Å². The van der Waals surface area contributed by atoms with Gasteiger partial charge in [0.1, 0.15) is 12.4 Å². The van der Waals surface area contributed by atoms with Crippen molar-refractivity contribution in [1.29, 1.82) is 0 Å². The zero-order chi connectivity index (χ0) is 18.1. The number of benzene rings is 1. The molecule has 1 aliphatic carbocycles. The minimum absolute atomic E-state index is 0.0882. The number of allylic oxidation sites excluding steroid dienone is 2. The monoisotopic (exact) mass is 345 g/mol. The van der Waals surface area contributed by atoms with E-state index in [9.17, 15) is 9.59 Å². The summed E-state index contributed by atoms with van der Waals surface area (Å²) >= 11 is 0. The average molecular weight is 345 g/mol. The molecule has 1 saturated carbocycles. The van der Waals surface area contributed by atoms with Gasteiger partial charge < -0.3 is 20.3 Å². The summed E-state index contributed by atoms with van der Waals surface area (Å²) in [6.45, 7) is 2.13. The van der Waals surface area contributed by atoms with Crippen molar-refractivity contribution < 1.29 is 24.2 Å². The largest absolute Gasteiger partial charge is 0.496 e. The Hall–Kier alpha value is -2.50. The van der Waals surface area contributed by atoms with Gasteiger partial charge in [0.05, 0.1) is 24.8 Å². The van der Waals surface area contributed by atoms with Crippen molar-refractivity contribution in [3.8, 4) is 5.75 Å². The Morgan fingerprint density at radius 3 is 2.92 bits per heavy atom. The van der Waals surface area contributed by atoms with Gasteiger partial charge in [-0.15, -0.1) is 0 Å². The lowest BCUT2D eigenvalue weighted by Crippen LogP contribution is -2.09.